The maximum Gasteiger partial charge on any atom is 0.266 e. The first-order valence-electron chi connectivity index (χ1n) is 13.4. The van der Waals surface area contributed by atoms with Crippen molar-refractivity contribution in [2.75, 3.05) is 6.54 Å². The van der Waals surface area contributed by atoms with Gasteiger partial charge in [-0.25, -0.2) is 9.07 Å². The minimum atomic E-state index is -0.270. The van der Waals surface area contributed by atoms with Crippen molar-refractivity contribution in [3.63, 3.8) is 0 Å². The molecule has 4 aromatic rings. The average Bonchev–Trinajstić information content (AvgIpc) is 3.52. The van der Waals surface area contributed by atoms with Gasteiger partial charge in [-0.2, -0.15) is 5.10 Å². The minimum Gasteiger partial charge on any atom is -0.489 e. The van der Waals surface area contributed by atoms with E-state index in [1.165, 1.54) is 23.9 Å². The second-order valence-electron chi connectivity index (χ2n) is 9.55. The van der Waals surface area contributed by atoms with E-state index in [1.807, 2.05) is 71.6 Å². The molecule has 5 nitrogen and oxygen atoms in total. The average molecular weight is 572 g/mol. The van der Waals surface area contributed by atoms with Gasteiger partial charge in [0.1, 0.15) is 22.5 Å². The SMILES string of the molecule is CCCCCCN1C(=O)C(=Cc2cn(-c3ccccc3)nc2-c2ccc(OCc3ccc(F)cc3)cc2)SC1=S. The van der Waals surface area contributed by atoms with Crippen LogP contribution >= 0.6 is 24.0 Å². The molecular weight excluding hydrogens is 542 g/mol. The number of thioether (sulfide) groups is 1. The second-order valence-corrected chi connectivity index (χ2v) is 11.2. The molecule has 2 heterocycles. The standard InChI is InChI=1S/C32H30FN3O2S2/c1-2-3-4-8-19-35-31(37)29(40-32(35)39)20-25-21-36(27-9-6-5-7-10-27)34-30(25)24-13-17-28(18-14-24)38-22-23-11-15-26(33)16-12-23/h5-7,9-18,20-21H,2-4,8,19,22H2,1H3. The lowest BCUT2D eigenvalue weighted by molar-refractivity contribution is -0.122. The van der Waals surface area contributed by atoms with Crippen molar-refractivity contribution < 1.29 is 13.9 Å². The van der Waals surface area contributed by atoms with Gasteiger partial charge < -0.3 is 4.74 Å². The summed E-state index contributed by atoms with van der Waals surface area (Å²) < 4.78 is 21.5. The van der Waals surface area contributed by atoms with Crippen LogP contribution in [0.5, 0.6) is 5.75 Å². The summed E-state index contributed by atoms with van der Waals surface area (Å²) in [5.41, 5.74) is 4.28. The lowest BCUT2D eigenvalue weighted by Crippen LogP contribution is -2.29. The summed E-state index contributed by atoms with van der Waals surface area (Å²) in [5.74, 6) is 0.378. The van der Waals surface area contributed by atoms with E-state index in [9.17, 15) is 9.18 Å². The van der Waals surface area contributed by atoms with Crippen LogP contribution in [0.3, 0.4) is 0 Å². The number of aromatic nitrogens is 2. The quantitative estimate of drug-likeness (QED) is 0.104. The number of hydrogen-bond acceptors (Lipinski definition) is 5. The molecular formula is C32H30FN3O2S2. The summed E-state index contributed by atoms with van der Waals surface area (Å²) in [7, 11) is 0. The van der Waals surface area contributed by atoms with Crippen LogP contribution < -0.4 is 4.74 Å². The van der Waals surface area contributed by atoms with Crippen LogP contribution in [-0.2, 0) is 11.4 Å². The Morgan fingerprint density at radius 2 is 1.73 bits per heavy atom. The Balaban J connectivity index is 1.39. The molecule has 1 fully saturated rings. The molecule has 1 amide bonds. The number of hydrogen-bond donors (Lipinski definition) is 0. The number of para-hydroxylation sites is 1. The summed E-state index contributed by atoms with van der Waals surface area (Å²) in [5, 5.41) is 4.89. The van der Waals surface area contributed by atoms with Crippen molar-refractivity contribution in [1.82, 2.24) is 14.7 Å². The summed E-state index contributed by atoms with van der Waals surface area (Å²) in [4.78, 5) is 15.6. The lowest BCUT2D eigenvalue weighted by Gasteiger charge is -2.13. The zero-order valence-electron chi connectivity index (χ0n) is 22.3. The van der Waals surface area contributed by atoms with Gasteiger partial charge in [-0.3, -0.25) is 9.69 Å². The molecule has 5 rings (SSSR count). The van der Waals surface area contributed by atoms with Crippen LogP contribution in [0.4, 0.5) is 4.39 Å². The molecule has 1 aliphatic rings. The number of benzene rings is 3. The predicted octanol–water partition coefficient (Wildman–Crippen LogP) is 8.04. The number of amides is 1. The van der Waals surface area contributed by atoms with Crippen LogP contribution in [0.15, 0.2) is 90.0 Å². The molecule has 0 radical (unpaired) electrons. The van der Waals surface area contributed by atoms with E-state index in [0.29, 0.717) is 28.1 Å². The third-order valence-electron chi connectivity index (χ3n) is 6.61. The van der Waals surface area contributed by atoms with E-state index in [1.54, 1.807) is 17.0 Å². The predicted molar refractivity (Wildman–Crippen MR) is 164 cm³/mol. The number of ether oxygens (including phenoxy) is 1. The normalized spacial score (nSPS) is 14.3. The maximum atomic E-state index is 13.2. The first-order chi connectivity index (χ1) is 19.5. The van der Waals surface area contributed by atoms with Gasteiger partial charge in [-0.15, -0.1) is 0 Å². The third kappa shape index (κ3) is 6.69. The van der Waals surface area contributed by atoms with E-state index >= 15 is 0 Å². The highest BCUT2D eigenvalue weighted by Gasteiger charge is 2.32. The fourth-order valence-electron chi connectivity index (χ4n) is 4.42. The zero-order chi connectivity index (χ0) is 27.9. The maximum absolute atomic E-state index is 13.2. The van der Waals surface area contributed by atoms with E-state index in [0.717, 1.165) is 53.8 Å². The van der Waals surface area contributed by atoms with Crippen LogP contribution in [0.25, 0.3) is 23.0 Å². The largest absolute Gasteiger partial charge is 0.489 e. The van der Waals surface area contributed by atoms with Crippen molar-refractivity contribution >= 4 is 40.3 Å². The Kier molecular flexibility index (Phi) is 9.08. The summed E-state index contributed by atoms with van der Waals surface area (Å²) in [6.45, 7) is 3.16. The summed E-state index contributed by atoms with van der Waals surface area (Å²) in [6, 6.07) is 23.8. The van der Waals surface area contributed by atoms with Gasteiger partial charge >= 0.3 is 0 Å². The van der Waals surface area contributed by atoms with Crippen molar-refractivity contribution in [2.24, 2.45) is 0 Å². The second kappa shape index (κ2) is 13.1. The van der Waals surface area contributed by atoms with Crippen LogP contribution in [0.2, 0.25) is 0 Å². The van der Waals surface area contributed by atoms with Crippen LogP contribution in [0, 0.1) is 5.82 Å². The Morgan fingerprint density at radius 3 is 2.45 bits per heavy atom. The molecule has 0 aliphatic carbocycles. The van der Waals surface area contributed by atoms with Crippen LogP contribution in [0.1, 0.15) is 43.7 Å². The van der Waals surface area contributed by atoms with Gasteiger partial charge in [0.25, 0.3) is 5.91 Å². The molecule has 1 aliphatic heterocycles. The number of rotatable bonds is 11. The summed E-state index contributed by atoms with van der Waals surface area (Å²) >= 11 is 6.90. The van der Waals surface area contributed by atoms with E-state index in [4.69, 9.17) is 22.1 Å². The van der Waals surface area contributed by atoms with Gasteiger partial charge in [0, 0.05) is 23.9 Å². The van der Waals surface area contributed by atoms with E-state index < -0.39 is 0 Å². The van der Waals surface area contributed by atoms with Gasteiger partial charge in [-0.05, 0) is 66.6 Å². The molecule has 8 heteroatoms. The molecule has 0 spiro atoms. The molecule has 0 unspecified atom stereocenters. The van der Waals surface area contributed by atoms with Crippen molar-refractivity contribution in [1.29, 1.82) is 0 Å². The van der Waals surface area contributed by atoms with Crippen molar-refractivity contribution in [3.05, 3.63) is 107 Å². The van der Waals surface area contributed by atoms with Gasteiger partial charge in [0.15, 0.2) is 0 Å². The van der Waals surface area contributed by atoms with Crippen LogP contribution in [-0.4, -0.2) is 31.5 Å². The zero-order valence-corrected chi connectivity index (χ0v) is 23.9. The van der Waals surface area contributed by atoms with E-state index in [2.05, 4.69) is 6.92 Å². The number of carbonyl (C=O) groups is 1. The highest BCUT2D eigenvalue weighted by atomic mass is 32.2. The number of thiocarbonyl (C=S) groups is 1. The molecule has 0 N–H and O–H groups in total. The monoisotopic (exact) mass is 571 g/mol. The molecule has 0 saturated carbocycles. The Labute approximate surface area is 243 Å². The number of halogens is 1. The Morgan fingerprint density at radius 1 is 0.975 bits per heavy atom. The molecule has 1 aromatic heterocycles. The highest BCUT2D eigenvalue weighted by molar-refractivity contribution is 8.26. The lowest BCUT2D eigenvalue weighted by atomic mass is 10.1. The fourth-order valence-corrected chi connectivity index (χ4v) is 5.72. The molecule has 0 atom stereocenters. The van der Waals surface area contributed by atoms with Gasteiger partial charge in [0.05, 0.1) is 16.3 Å². The Bertz CT molecular complexity index is 1500. The fraction of sp³-hybridized carbons (Fsp3) is 0.219. The summed E-state index contributed by atoms with van der Waals surface area (Å²) in [6.07, 6.45) is 8.17. The Hall–Kier alpha value is -3.75. The molecule has 3 aromatic carbocycles. The first kappa shape index (κ1) is 27.8. The third-order valence-corrected chi connectivity index (χ3v) is 7.98. The number of nitrogens with zero attached hydrogens (tertiary/aromatic N) is 3. The number of unbranched alkanes of at least 4 members (excludes halogenated alkanes) is 3. The molecule has 0 bridgehead atoms. The van der Waals surface area contributed by atoms with Crippen molar-refractivity contribution in [2.45, 2.75) is 39.2 Å². The van der Waals surface area contributed by atoms with Crippen molar-refractivity contribution in [3.8, 4) is 22.7 Å². The molecule has 40 heavy (non-hydrogen) atoms. The molecule has 204 valence electrons. The van der Waals surface area contributed by atoms with Gasteiger partial charge in [0.2, 0.25) is 0 Å². The highest BCUT2D eigenvalue weighted by Crippen LogP contribution is 2.35. The number of carbonyl (C=O) groups excluding carboxylic acids is 1. The smallest absolute Gasteiger partial charge is 0.266 e. The topological polar surface area (TPSA) is 47.4 Å². The van der Waals surface area contributed by atoms with Gasteiger partial charge in [-0.1, -0.05) is 80.5 Å². The first-order valence-corrected chi connectivity index (χ1v) is 14.6. The molecule has 1 saturated heterocycles. The van der Waals surface area contributed by atoms with E-state index in [-0.39, 0.29) is 11.7 Å². The minimum absolute atomic E-state index is 0.0468.